The van der Waals surface area contributed by atoms with Gasteiger partial charge >= 0.3 is 5.97 Å². The molecule has 0 aliphatic carbocycles. The molecule has 0 bridgehead atoms. The zero-order chi connectivity index (χ0) is 16.8. The zero-order valence-corrected chi connectivity index (χ0v) is 13.6. The van der Waals surface area contributed by atoms with Gasteiger partial charge in [-0.15, -0.1) is 0 Å². The standard InChI is InChI=1S/C18H22O5.H2O/c1-12-6-5-9-14(19)8-4-2-3-7-13-10-15(20)11-16(21)17(13)18(22)23-12;/h3,5,7,9-12,14,19-21H,2,4,6,8H2,1H3;1H2/b7-3+,9-5+;/t12-,14-;/m0./s1. The maximum atomic E-state index is 12.3. The van der Waals surface area contributed by atoms with Gasteiger partial charge in [-0.2, -0.15) is 0 Å². The monoisotopic (exact) mass is 336 g/mol. The topological polar surface area (TPSA) is 118 Å². The average molecular weight is 336 g/mol. The van der Waals surface area contributed by atoms with Crippen molar-refractivity contribution in [3.05, 3.63) is 41.5 Å². The van der Waals surface area contributed by atoms with Crippen LogP contribution in [-0.2, 0) is 4.74 Å². The van der Waals surface area contributed by atoms with E-state index in [1.807, 2.05) is 6.08 Å². The Morgan fingerprint density at radius 1 is 1.21 bits per heavy atom. The minimum atomic E-state index is -0.638. The molecule has 0 saturated carbocycles. The first-order valence-corrected chi connectivity index (χ1v) is 7.75. The first kappa shape index (κ1) is 19.7. The molecule has 6 heteroatoms. The Kier molecular flexibility index (Phi) is 7.48. The summed E-state index contributed by atoms with van der Waals surface area (Å²) < 4.78 is 5.33. The van der Waals surface area contributed by atoms with Crippen molar-refractivity contribution in [1.82, 2.24) is 0 Å². The largest absolute Gasteiger partial charge is 0.508 e. The summed E-state index contributed by atoms with van der Waals surface area (Å²) >= 11 is 0. The number of phenolic OH excluding ortho intramolecular Hbond substituents is 2. The molecule has 1 aliphatic rings. The molecule has 0 radical (unpaired) electrons. The highest BCUT2D eigenvalue weighted by atomic mass is 16.5. The van der Waals surface area contributed by atoms with Crippen LogP contribution in [0.15, 0.2) is 30.4 Å². The second-order valence-corrected chi connectivity index (χ2v) is 5.71. The number of aromatic hydroxyl groups is 2. The summed E-state index contributed by atoms with van der Waals surface area (Å²) in [7, 11) is 0. The third-order valence-corrected chi connectivity index (χ3v) is 3.64. The highest BCUT2D eigenvalue weighted by molar-refractivity contribution is 5.97. The van der Waals surface area contributed by atoms with E-state index in [0.29, 0.717) is 24.8 Å². The van der Waals surface area contributed by atoms with Gasteiger partial charge in [0.15, 0.2) is 0 Å². The van der Waals surface area contributed by atoms with Crippen LogP contribution < -0.4 is 0 Å². The Bertz CT molecular complexity index is 620. The van der Waals surface area contributed by atoms with Gasteiger partial charge in [-0.1, -0.05) is 24.3 Å². The predicted octanol–water partition coefficient (Wildman–Crippen LogP) is 2.32. The number of esters is 1. The van der Waals surface area contributed by atoms with Gasteiger partial charge in [0, 0.05) is 12.5 Å². The van der Waals surface area contributed by atoms with Crippen LogP contribution >= 0.6 is 0 Å². The summed E-state index contributed by atoms with van der Waals surface area (Å²) in [4.78, 5) is 12.3. The summed E-state index contributed by atoms with van der Waals surface area (Å²) in [6.45, 7) is 1.74. The number of benzene rings is 1. The summed E-state index contributed by atoms with van der Waals surface area (Å²) in [5.74, 6) is -1.06. The van der Waals surface area contributed by atoms with Crippen molar-refractivity contribution in [3.63, 3.8) is 0 Å². The van der Waals surface area contributed by atoms with Gasteiger partial charge in [-0.05, 0) is 37.8 Å². The van der Waals surface area contributed by atoms with Crippen molar-refractivity contribution in [2.45, 2.75) is 44.8 Å². The molecule has 0 spiro atoms. The second-order valence-electron chi connectivity index (χ2n) is 5.71. The van der Waals surface area contributed by atoms with E-state index in [0.717, 1.165) is 12.5 Å². The van der Waals surface area contributed by atoms with Crippen LogP contribution in [0.1, 0.15) is 48.5 Å². The molecule has 0 saturated heterocycles. The Hall–Kier alpha value is -2.31. The van der Waals surface area contributed by atoms with Gasteiger partial charge in [0.2, 0.25) is 0 Å². The van der Waals surface area contributed by atoms with E-state index in [2.05, 4.69) is 0 Å². The third kappa shape index (κ3) is 5.40. The number of rotatable bonds is 0. The lowest BCUT2D eigenvalue weighted by Gasteiger charge is -2.15. The molecule has 2 atom stereocenters. The molecule has 24 heavy (non-hydrogen) atoms. The van der Waals surface area contributed by atoms with Gasteiger partial charge in [0.1, 0.15) is 23.2 Å². The first-order chi connectivity index (χ1) is 11.0. The summed E-state index contributed by atoms with van der Waals surface area (Å²) in [5, 5.41) is 29.4. The lowest BCUT2D eigenvalue weighted by Crippen LogP contribution is -2.16. The molecule has 0 aromatic heterocycles. The van der Waals surface area contributed by atoms with Crippen LogP contribution in [0.5, 0.6) is 11.5 Å². The molecule has 0 unspecified atom stereocenters. The SMILES string of the molecule is C[C@H]1C/C=C/[C@@H](O)CCC/C=C/c2cc(O)cc(O)c2C(=O)O1.O. The minimum absolute atomic E-state index is 0. The maximum absolute atomic E-state index is 12.3. The Morgan fingerprint density at radius 3 is 2.71 bits per heavy atom. The van der Waals surface area contributed by atoms with Gasteiger partial charge in [0.25, 0.3) is 0 Å². The quantitative estimate of drug-likeness (QED) is 0.496. The molecule has 1 aromatic rings. The van der Waals surface area contributed by atoms with Crippen LogP contribution in [-0.4, -0.2) is 39.0 Å². The molecule has 1 aliphatic heterocycles. The molecule has 0 fully saturated rings. The minimum Gasteiger partial charge on any atom is -0.508 e. The van der Waals surface area contributed by atoms with E-state index < -0.39 is 12.1 Å². The van der Waals surface area contributed by atoms with Crippen LogP contribution in [0.2, 0.25) is 0 Å². The fourth-order valence-electron chi connectivity index (χ4n) is 2.46. The molecule has 1 heterocycles. The Morgan fingerprint density at radius 2 is 1.96 bits per heavy atom. The van der Waals surface area contributed by atoms with E-state index in [1.165, 1.54) is 6.07 Å². The number of allylic oxidation sites excluding steroid dienone is 1. The lowest BCUT2D eigenvalue weighted by molar-refractivity contribution is 0.0344. The van der Waals surface area contributed by atoms with Gasteiger partial charge < -0.3 is 25.5 Å². The normalized spacial score (nSPS) is 24.7. The molecule has 0 amide bonds. The van der Waals surface area contributed by atoms with Crippen molar-refractivity contribution in [2.75, 3.05) is 0 Å². The van der Waals surface area contributed by atoms with E-state index in [1.54, 1.807) is 25.2 Å². The van der Waals surface area contributed by atoms with E-state index in [-0.39, 0.29) is 28.6 Å². The number of hydrogen-bond donors (Lipinski definition) is 3. The lowest BCUT2D eigenvalue weighted by atomic mass is 10.0. The maximum Gasteiger partial charge on any atom is 0.342 e. The molecule has 5 N–H and O–H groups in total. The van der Waals surface area contributed by atoms with Crippen molar-refractivity contribution in [3.8, 4) is 11.5 Å². The molecule has 6 nitrogen and oxygen atoms in total. The molecule has 132 valence electrons. The van der Waals surface area contributed by atoms with Crippen LogP contribution in [0.25, 0.3) is 6.08 Å². The Labute approximate surface area is 141 Å². The third-order valence-electron chi connectivity index (χ3n) is 3.64. The number of aliphatic hydroxyl groups excluding tert-OH is 1. The fraction of sp³-hybridized carbons (Fsp3) is 0.389. The van der Waals surface area contributed by atoms with E-state index >= 15 is 0 Å². The number of hydrogen-bond acceptors (Lipinski definition) is 5. The summed E-state index contributed by atoms with van der Waals surface area (Å²) in [6.07, 6.45) is 8.76. The molecular weight excluding hydrogens is 312 g/mol. The van der Waals surface area contributed by atoms with Gasteiger partial charge in [-0.25, -0.2) is 4.79 Å². The second kappa shape index (κ2) is 9.10. The highest BCUT2D eigenvalue weighted by Gasteiger charge is 2.20. The number of ether oxygens (including phenoxy) is 1. The number of carbonyl (C=O) groups excluding carboxylic acids is 1. The highest BCUT2D eigenvalue weighted by Crippen LogP contribution is 2.29. The van der Waals surface area contributed by atoms with E-state index in [4.69, 9.17) is 4.74 Å². The summed E-state index contributed by atoms with van der Waals surface area (Å²) in [6, 6.07) is 2.54. The van der Waals surface area contributed by atoms with Crippen molar-refractivity contribution < 1.29 is 30.3 Å². The molecule has 1 aromatic carbocycles. The molecule has 2 rings (SSSR count). The Balaban J connectivity index is 0.00000288. The first-order valence-electron chi connectivity index (χ1n) is 7.75. The van der Waals surface area contributed by atoms with Crippen LogP contribution in [0.3, 0.4) is 0 Å². The number of phenols is 2. The predicted molar refractivity (Wildman–Crippen MR) is 90.9 cm³/mol. The average Bonchev–Trinajstić information content (AvgIpc) is 2.45. The fourth-order valence-corrected chi connectivity index (χ4v) is 2.46. The number of fused-ring (bicyclic) bond motifs is 1. The van der Waals surface area contributed by atoms with Crippen molar-refractivity contribution >= 4 is 12.0 Å². The smallest absolute Gasteiger partial charge is 0.342 e. The summed E-state index contributed by atoms with van der Waals surface area (Å²) in [5.41, 5.74) is 0.458. The number of cyclic esters (lactones) is 1. The van der Waals surface area contributed by atoms with Crippen molar-refractivity contribution in [1.29, 1.82) is 0 Å². The number of carbonyl (C=O) groups is 1. The number of aliphatic hydroxyl groups is 1. The van der Waals surface area contributed by atoms with Gasteiger partial charge in [0.05, 0.1) is 6.10 Å². The van der Waals surface area contributed by atoms with Crippen LogP contribution in [0.4, 0.5) is 0 Å². The van der Waals surface area contributed by atoms with Crippen molar-refractivity contribution in [2.24, 2.45) is 0 Å². The van der Waals surface area contributed by atoms with Gasteiger partial charge in [-0.3, -0.25) is 0 Å². The van der Waals surface area contributed by atoms with Crippen LogP contribution in [0, 0.1) is 0 Å². The zero-order valence-electron chi connectivity index (χ0n) is 13.6. The van der Waals surface area contributed by atoms with E-state index in [9.17, 15) is 20.1 Å². The molecular formula is C18H24O6.